The summed E-state index contributed by atoms with van der Waals surface area (Å²) in [5, 5.41) is 14.8. The van der Waals surface area contributed by atoms with Crippen molar-refractivity contribution in [2.45, 2.75) is 52.4 Å². The van der Waals surface area contributed by atoms with E-state index >= 15 is 0 Å². The van der Waals surface area contributed by atoms with E-state index in [0.717, 1.165) is 6.42 Å². The van der Waals surface area contributed by atoms with E-state index in [1.54, 1.807) is 13.8 Å². The summed E-state index contributed by atoms with van der Waals surface area (Å²) in [6, 6.07) is 0. The Morgan fingerprint density at radius 3 is 2.26 bits per heavy atom. The average molecular weight is 477 g/mol. The van der Waals surface area contributed by atoms with Gasteiger partial charge in [0, 0.05) is 5.71 Å². The Morgan fingerprint density at radius 1 is 1.26 bits per heavy atom. The summed E-state index contributed by atoms with van der Waals surface area (Å²) in [6.07, 6.45) is -3.97. The molecule has 9 nitrogen and oxygen atoms in total. The molecule has 2 aliphatic rings. The van der Waals surface area contributed by atoms with Crippen molar-refractivity contribution in [3.8, 4) is 0 Å². The van der Waals surface area contributed by atoms with Crippen LogP contribution in [0.2, 0.25) is 0 Å². The van der Waals surface area contributed by atoms with Crippen LogP contribution in [0.3, 0.4) is 0 Å². The standard InChI is InChI=1S/C14H21F3N2O3.C4H10N2O2.ClH/c1-4-9-6-10-12(8(9)3)18-19(7-11(20)22-5-2)13(10,21)14(15,16)17;1-2-8-4(7)3-6-5;/h8-10,21H,4-7H2,1-3H3;6H,2-3,5H2,1H3;1H. The van der Waals surface area contributed by atoms with Crippen LogP contribution < -0.4 is 11.3 Å². The Bertz CT molecular complexity index is 630. The van der Waals surface area contributed by atoms with Crippen LogP contribution in [0.25, 0.3) is 0 Å². The van der Waals surface area contributed by atoms with E-state index in [2.05, 4.69) is 20.0 Å². The highest BCUT2D eigenvalue weighted by Gasteiger charge is 2.69. The van der Waals surface area contributed by atoms with E-state index in [9.17, 15) is 27.9 Å². The Labute approximate surface area is 185 Å². The first-order valence-electron chi connectivity index (χ1n) is 9.87. The minimum atomic E-state index is -4.90. The van der Waals surface area contributed by atoms with Crippen LogP contribution in [0.4, 0.5) is 13.2 Å². The summed E-state index contributed by atoms with van der Waals surface area (Å²) in [6.45, 7) is 6.86. The normalized spacial score (nSPS) is 26.8. The maximum atomic E-state index is 13.5. The zero-order chi connectivity index (χ0) is 23.1. The lowest BCUT2D eigenvalue weighted by Crippen LogP contribution is -2.60. The second-order valence-corrected chi connectivity index (χ2v) is 7.04. The summed E-state index contributed by atoms with van der Waals surface area (Å²) in [5.74, 6) is 2.44. The lowest BCUT2D eigenvalue weighted by molar-refractivity contribution is -0.322. The van der Waals surface area contributed by atoms with Crippen molar-refractivity contribution >= 4 is 30.1 Å². The van der Waals surface area contributed by atoms with Gasteiger partial charge in [-0.25, -0.2) is 10.4 Å². The molecule has 1 saturated carbocycles. The van der Waals surface area contributed by atoms with Crippen LogP contribution in [0.5, 0.6) is 0 Å². The molecule has 182 valence electrons. The molecule has 1 heterocycles. The molecule has 1 aliphatic carbocycles. The van der Waals surface area contributed by atoms with Crippen LogP contribution in [0.1, 0.15) is 40.5 Å². The van der Waals surface area contributed by atoms with Gasteiger partial charge >= 0.3 is 18.1 Å². The summed E-state index contributed by atoms with van der Waals surface area (Å²) in [4.78, 5) is 21.8. The Morgan fingerprint density at radius 2 is 1.81 bits per heavy atom. The number of hydrogen-bond donors (Lipinski definition) is 3. The number of carbonyl (C=O) groups excluding carboxylic acids is 2. The first-order valence-corrected chi connectivity index (χ1v) is 9.87. The van der Waals surface area contributed by atoms with Gasteiger partial charge in [0.25, 0.3) is 5.72 Å². The molecule has 0 aromatic carbocycles. The minimum absolute atomic E-state index is 0. The summed E-state index contributed by atoms with van der Waals surface area (Å²) in [5.41, 5.74) is -0.624. The molecule has 0 aromatic rings. The van der Waals surface area contributed by atoms with Crippen LogP contribution >= 0.6 is 12.4 Å². The fraction of sp³-hybridized carbons (Fsp3) is 0.833. The number of esters is 2. The largest absolute Gasteiger partial charge is 0.465 e. The molecule has 0 aromatic heterocycles. The van der Waals surface area contributed by atoms with Gasteiger partial charge in [0.2, 0.25) is 0 Å². The fourth-order valence-corrected chi connectivity index (χ4v) is 3.76. The topological polar surface area (TPSA) is 126 Å². The summed E-state index contributed by atoms with van der Waals surface area (Å²) in [7, 11) is 0. The maximum absolute atomic E-state index is 13.5. The molecule has 0 saturated heterocycles. The molecule has 4 N–H and O–H groups in total. The molecular weight excluding hydrogens is 445 g/mol. The van der Waals surface area contributed by atoms with Gasteiger partial charge in [-0.1, -0.05) is 20.3 Å². The first-order chi connectivity index (χ1) is 14.0. The fourth-order valence-electron chi connectivity index (χ4n) is 3.76. The van der Waals surface area contributed by atoms with E-state index in [1.165, 1.54) is 0 Å². The van der Waals surface area contributed by atoms with Gasteiger partial charge in [0.15, 0.2) is 0 Å². The van der Waals surface area contributed by atoms with Crippen molar-refractivity contribution in [2.75, 3.05) is 26.3 Å². The first kappa shape index (κ1) is 29.4. The summed E-state index contributed by atoms with van der Waals surface area (Å²) >= 11 is 0. The molecule has 1 aliphatic heterocycles. The van der Waals surface area contributed by atoms with Crippen molar-refractivity contribution in [1.82, 2.24) is 10.4 Å². The van der Waals surface area contributed by atoms with Gasteiger partial charge in [-0.2, -0.15) is 18.3 Å². The maximum Gasteiger partial charge on any atom is 0.438 e. The number of nitrogens with zero attached hydrogens (tertiary/aromatic N) is 2. The predicted octanol–water partition coefficient (Wildman–Crippen LogP) is 1.59. The number of rotatable bonds is 7. The number of aliphatic hydroxyl groups is 1. The third kappa shape index (κ3) is 6.67. The van der Waals surface area contributed by atoms with E-state index in [-0.39, 0.29) is 49.8 Å². The second-order valence-electron chi connectivity index (χ2n) is 7.04. The van der Waals surface area contributed by atoms with Crippen LogP contribution in [0.15, 0.2) is 5.10 Å². The number of nitrogens with one attached hydrogen (secondary N) is 1. The Hall–Kier alpha value is -1.63. The highest BCUT2D eigenvalue weighted by atomic mass is 35.5. The predicted molar refractivity (Wildman–Crippen MR) is 109 cm³/mol. The quantitative estimate of drug-likeness (QED) is 0.287. The van der Waals surface area contributed by atoms with Crippen molar-refractivity contribution < 1.29 is 37.3 Å². The molecule has 13 heteroatoms. The van der Waals surface area contributed by atoms with Gasteiger partial charge in [0.1, 0.15) is 13.1 Å². The Balaban J connectivity index is 0.000000858. The average Bonchev–Trinajstić information content (AvgIpc) is 3.11. The van der Waals surface area contributed by atoms with Gasteiger partial charge in [-0.3, -0.25) is 15.4 Å². The third-order valence-electron chi connectivity index (χ3n) is 5.26. The molecule has 1 fully saturated rings. The number of halogens is 4. The van der Waals surface area contributed by atoms with E-state index in [0.29, 0.717) is 17.3 Å². The van der Waals surface area contributed by atoms with Crippen LogP contribution in [-0.4, -0.2) is 66.0 Å². The number of hydrazone groups is 1. The number of fused-ring (bicyclic) bond motifs is 1. The molecule has 2 rings (SSSR count). The van der Waals surface area contributed by atoms with E-state index < -0.39 is 30.3 Å². The highest BCUT2D eigenvalue weighted by molar-refractivity contribution is 5.93. The van der Waals surface area contributed by atoms with Crippen molar-refractivity contribution in [3.05, 3.63) is 0 Å². The molecule has 0 amide bonds. The van der Waals surface area contributed by atoms with Gasteiger partial charge in [0.05, 0.1) is 19.1 Å². The molecule has 4 unspecified atom stereocenters. The van der Waals surface area contributed by atoms with Gasteiger partial charge in [-0.05, 0) is 32.1 Å². The monoisotopic (exact) mass is 476 g/mol. The van der Waals surface area contributed by atoms with Crippen LogP contribution in [0, 0.1) is 17.8 Å². The van der Waals surface area contributed by atoms with E-state index in [4.69, 9.17) is 5.84 Å². The number of alkyl halides is 3. The molecule has 31 heavy (non-hydrogen) atoms. The molecule has 0 bridgehead atoms. The van der Waals surface area contributed by atoms with E-state index in [1.807, 2.05) is 13.8 Å². The van der Waals surface area contributed by atoms with Gasteiger partial charge in [-0.15, -0.1) is 12.4 Å². The lowest BCUT2D eigenvalue weighted by atomic mass is 9.91. The Kier molecular flexibility index (Phi) is 11.8. The molecule has 0 radical (unpaired) electrons. The van der Waals surface area contributed by atoms with Gasteiger partial charge < -0.3 is 14.6 Å². The smallest absolute Gasteiger partial charge is 0.438 e. The zero-order valence-electron chi connectivity index (χ0n) is 18.1. The van der Waals surface area contributed by atoms with Crippen molar-refractivity contribution in [3.63, 3.8) is 0 Å². The second kappa shape index (κ2) is 12.4. The number of nitrogens with two attached hydrogens (primary N) is 1. The van der Waals surface area contributed by atoms with Crippen LogP contribution in [-0.2, 0) is 19.1 Å². The number of carbonyl (C=O) groups is 2. The zero-order valence-corrected chi connectivity index (χ0v) is 18.9. The number of hydrogen-bond acceptors (Lipinski definition) is 9. The third-order valence-corrected chi connectivity index (χ3v) is 5.26. The molecule has 4 atom stereocenters. The highest BCUT2D eigenvalue weighted by Crippen LogP contribution is 2.52. The number of ether oxygens (including phenoxy) is 2. The lowest BCUT2D eigenvalue weighted by Gasteiger charge is -2.37. The molecular formula is C18H32ClF3N4O5. The SMILES string of the molecule is CCOC(=O)CN1N=C2C(C)C(CC)CC2C1(O)C(F)(F)F.CCOC(=O)CNN.Cl. The number of hydrazine groups is 1. The van der Waals surface area contributed by atoms with Crippen molar-refractivity contribution in [1.29, 1.82) is 0 Å². The van der Waals surface area contributed by atoms with Crippen molar-refractivity contribution in [2.24, 2.45) is 28.7 Å². The molecule has 0 spiro atoms. The minimum Gasteiger partial charge on any atom is -0.465 e. The summed E-state index contributed by atoms with van der Waals surface area (Å²) < 4.78 is 49.7.